The first-order valence-electron chi connectivity index (χ1n) is 22.6. The number of allylic oxidation sites excluding steroid dienone is 1. The molecule has 0 bridgehead atoms. The number of aliphatic hydroxyl groups excluding tert-OH is 1. The normalized spacial score (nSPS) is 20.6. The van der Waals surface area contributed by atoms with Crippen LogP contribution in [0.4, 0.5) is 28.4 Å². The number of aryl methyl sites for hydroxylation is 1. The van der Waals surface area contributed by atoms with Gasteiger partial charge in [0, 0.05) is 74.6 Å². The first-order valence-corrected chi connectivity index (χ1v) is 24.1. The maximum absolute atomic E-state index is 14.1. The Morgan fingerprint density at radius 3 is 2.28 bits per heavy atom. The number of hydrogen-bond acceptors (Lipinski definition) is 12. The van der Waals surface area contributed by atoms with Crippen LogP contribution < -0.4 is 24.9 Å². The third-order valence-electron chi connectivity index (χ3n) is 13.5. The largest absolute Gasteiger partial charge is 0.467 e. The molecule has 6 aliphatic rings. The predicted molar refractivity (Wildman–Crippen MR) is 248 cm³/mol. The molecule has 2 saturated heterocycles. The van der Waals surface area contributed by atoms with Crippen molar-refractivity contribution in [1.82, 2.24) is 4.90 Å². The van der Waals surface area contributed by atoms with Gasteiger partial charge < -0.3 is 24.6 Å². The number of aliphatic hydroxyl groups is 1. The topological polar surface area (TPSA) is 148 Å². The van der Waals surface area contributed by atoms with Gasteiger partial charge >= 0.3 is 0 Å². The molecule has 3 N–H and O–H groups in total. The minimum absolute atomic E-state index is 0.0607. The molecule has 2 fully saturated rings. The van der Waals surface area contributed by atoms with E-state index in [4.69, 9.17) is 9.25 Å². The lowest BCUT2D eigenvalue weighted by Gasteiger charge is -2.38. The van der Waals surface area contributed by atoms with Crippen LogP contribution in [0.3, 0.4) is 0 Å². The minimum Gasteiger partial charge on any atom is -0.467 e. The molecule has 0 amide bonds. The molecular weight excluding hydrogens is 829 g/mol. The third-order valence-corrected chi connectivity index (χ3v) is 15.3. The summed E-state index contributed by atoms with van der Waals surface area (Å²) in [6.45, 7) is 8.54. The van der Waals surface area contributed by atoms with E-state index in [1.807, 2.05) is 55.5 Å². The van der Waals surface area contributed by atoms with E-state index >= 15 is 0 Å². The second-order valence-electron chi connectivity index (χ2n) is 17.2. The Bertz CT molecular complexity index is 2700. The zero-order valence-electron chi connectivity index (χ0n) is 36.1. The van der Waals surface area contributed by atoms with Crippen LogP contribution in [-0.4, -0.2) is 82.4 Å². The predicted octanol–water partition coefficient (Wildman–Crippen LogP) is 7.99. The summed E-state index contributed by atoms with van der Waals surface area (Å²) in [7, 11) is -4.03. The summed E-state index contributed by atoms with van der Waals surface area (Å²) < 4.78 is 35.3. The number of anilines is 5. The zero-order chi connectivity index (χ0) is 44.0. The number of piperazine rings is 1. The fourth-order valence-corrected chi connectivity index (χ4v) is 11.8. The number of nitrogens with zero attached hydrogens (tertiary/aromatic N) is 4. The van der Waals surface area contributed by atoms with Crippen LogP contribution in [0.1, 0.15) is 96.0 Å². The van der Waals surface area contributed by atoms with E-state index in [0.29, 0.717) is 35.5 Å². The summed E-state index contributed by atoms with van der Waals surface area (Å²) in [6, 6.07) is 26.8. The van der Waals surface area contributed by atoms with Gasteiger partial charge in [0.05, 0.1) is 51.8 Å². The molecule has 2 atom stereocenters. The van der Waals surface area contributed by atoms with Crippen molar-refractivity contribution in [3.63, 3.8) is 0 Å². The van der Waals surface area contributed by atoms with E-state index in [1.165, 1.54) is 17.0 Å². The monoisotopic (exact) mass is 882 g/mol. The molecule has 2 aliphatic carbocycles. The van der Waals surface area contributed by atoms with Crippen LogP contribution in [0.15, 0.2) is 118 Å². The second-order valence-corrected chi connectivity index (χ2v) is 19.0. The number of furan rings is 1. The number of sulfonamides is 1. The summed E-state index contributed by atoms with van der Waals surface area (Å²) in [6.07, 6.45) is 7.42. The lowest BCUT2D eigenvalue weighted by molar-refractivity contribution is -0.116. The van der Waals surface area contributed by atoms with E-state index in [1.54, 1.807) is 36.4 Å². The van der Waals surface area contributed by atoms with Crippen molar-refractivity contribution in [2.75, 3.05) is 77.3 Å². The first kappa shape index (κ1) is 42.0. The van der Waals surface area contributed by atoms with E-state index in [9.17, 15) is 23.1 Å². The molecular formula is C50H54N6O7S. The van der Waals surface area contributed by atoms with Crippen molar-refractivity contribution < 1.29 is 32.4 Å². The molecule has 5 aromatic rings. The van der Waals surface area contributed by atoms with Crippen molar-refractivity contribution in [1.29, 1.82) is 0 Å². The summed E-state index contributed by atoms with van der Waals surface area (Å²) in [4.78, 5) is 40.3. The Morgan fingerprint density at radius 1 is 0.781 bits per heavy atom. The number of piperidine rings is 1. The molecule has 1 aromatic heterocycles. The standard InChI is InChI=1S/C25H30N4O3.C25H24N2O4S/c30-15-14-27-10-12-29(13-11-27)20-16-19(28-8-4-1-5-9-28)21-22-23(20)26-32-25(22)18-7-3-2-6-17(18)24(21)31;1-2-17-12-14-18(15-13-17)32(29,30)27-21-9-4-3-7-19(21)26-20-8-5-10-22(28)24(20)25(27)23-11-6-16-31-23/h2-3,6-7,16,25-26,30H,1,4-5,8-15H2;3-4,6-7,9,11-16,25-26H,2,5,8,10H2,1H3. The molecule has 5 heterocycles. The van der Waals surface area contributed by atoms with Crippen LogP contribution in [0.25, 0.3) is 0 Å². The molecule has 332 valence electrons. The highest BCUT2D eigenvalue weighted by Crippen LogP contribution is 2.53. The van der Waals surface area contributed by atoms with Gasteiger partial charge in [-0.3, -0.25) is 24.8 Å². The molecule has 4 aromatic carbocycles. The van der Waals surface area contributed by atoms with Gasteiger partial charge in [-0.1, -0.05) is 55.5 Å². The number of carbonyl (C=O) groups excluding carboxylic acids is 2. The van der Waals surface area contributed by atoms with Crippen molar-refractivity contribution >= 4 is 50.0 Å². The number of rotatable bonds is 8. The van der Waals surface area contributed by atoms with Crippen LogP contribution in [0.5, 0.6) is 0 Å². The van der Waals surface area contributed by atoms with E-state index in [2.05, 4.69) is 31.6 Å². The number of ketones is 2. The number of fused-ring (bicyclic) bond motifs is 3. The lowest BCUT2D eigenvalue weighted by Crippen LogP contribution is -2.47. The maximum atomic E-state index is 14.1. The fraction of sp³-hybridized carbons (Fsp3) is 0.360. The number of carbonyl (C=O) groups is 2. The van der Waals surface area contributed by atoms with Gasteiger partial charge in [0.15, 0.2) is 11.6 Å². The molecule has 4 aliphatic heterocycles. The lowest BCUT2D eigenvalue weighted by atomic mass is 9.81. The molecule has 2 unspecified atom stereocenters. The molecule has 11 rings (SSSR count). The third kappa shape index (κ3) is 7.45. The van der Waals surface area contributed by atoms with Crippen molar-refractivity contribution in [2.45, 2.75) is 68.9 Å². The summed E-state index contributed by atoms with van der Waals surface area (Å²) >= 11 is 0. The number of Topliss-reactive ketones (excluding diaryl/α,β-unsaturated/α-hetero) is 1. The summed E-state index contributed by atoms with van der Waals surface area (Å²) in [5, 5.41) is 12.7. The Morgan fingerprint density at radius 2 is 1.53 bits per heavy atom. The zero-order valence-corrected chi connectivity index (χ0v) is 36.9. The average molecular weight is 883 g/mol. The molecule has 64 heavy (non-hydrogen) atoms. The second kappa shape index (κ2) is 17.6. The van der Waals surface area contributed by atoms with Gasteiger partial charge in [-0.25, -0.2) is 12.7 Å². The Balaban J connectivity index is 0.000000151. The molecule has 13 nitrogen and oxygen atoms in total. The summed E-state index contributed by atoms with van der Waals surface area (Å²) in [5.41, 5.74) is 13.3. The van der Waals surface area contributed by atoms with Gasteiger partial charge in [0.25, 0.3) is 10.0 Å². The first-order chi connectivity index (χ1) is 31.3. The number of benzene rings is 4. The smallest absolute Gasteiger partial charge is 0.265 e. The van der Waals surface area contributed by atoms with Gasteiger partial charge in [-0.15, -0.1) is 0 Å². The van der Waals surface area contributed by atoms with Gasteiger partial charge in [0.2, 0.25) is 0 Å². The molecule has 14 heteroatoms. The van der Waals surface area contributed by atoms with E-state index < -0.39 is 16.1 Å². The average Bonchev–Trinajstić information content (AvgIpc) is 4.00. The van der Waals surface area contributed by atoms with Crippen molar-refractivity contribution in [3.05, 3.63) is 142 Å². The number of nitrogens with one attached hydrogen (secondary N) is 2. The number of β-amino-alcohol motifs (C(OH)–C–C–N with tert-alkyl or cyclic N) is 1. The van der Waals surface area contributed by atoms with Crippen LogP contribution in [0.2, 0.25) is 0 Å². The highest BCUT2D eigenvalue weighted by Gasteiger charge is 2.45. The van der Waals surface area contributed by atoms with E-state index in [-0.39, 0.29) is 29.2 Å². The van der Waals surface area contributed by atoms with Crippen molar-refractivity contribution in [3.8, 4) is 0 Å². The van der Waals surface area contributed by atoms with Crippen LogP contribution >= 0.6 is 0 Å². The SMILES string of the molecule is CCc1ccc(S(=O)(=O)N2c3ccccc3NC3=C(C(=O)CCC3)C2c2ccco2)cc1.O=C1c2ccccc2C2ONc3c(N4CCN(CCO)CC4)cc(N4CCCCC4)c1c32. The fourth-order valence-electron chi connectivity index (χ4n) is 10.2. The Hall–Kier alpha value is -5.93. The quantitative estimate of drug-likeness (QED) is 0.139. The molecule has 0 spiro atoms. The van der Waals surface area contributed by atoms with Crippen molar-refractivity contribution in [2.24, 2.45) is 0 Å². The number of para-hydroxylation sites is 2. The van der Waals surface area contributed by atoms with Gasteiger partial charge in [-0.05, 0) is 92.1 Å². The number of hydrogen-bond donors (Lipinski definition) is 3. The van der Waals surface area contributed by atoms with Crippen LogP contribution in [-0.2, 0) is 26.1 Å². The highest BCUT2D eigenvalue weighted by atomic mass is 32.2. The minimum atomic E-state index is -4.03. The Kier molecular flexibility index (Phi) is 11.5. The Labute approximate surface area is 374 Å². The summed E-state index contributed by atoms with van der Waals surface area (Å²) in [5.74, 6) is 0.467. The van der Waals surface area contributed by atoms with Crippen LogP contribution in [0, 0.1) is 0 Å². The van der Waals surface area contributed by atoms with E-state index in [0.717, 1.165) is 122 Å². The van der Waals surface area contributed by atoms with Gasteiger partial charge in [0.1, 0.15) is 17.9 Å². The molecule has 0 saturated carbocycles. The maximum Gasteiger partial charge on any atom is 0.265 e. The molecule has 0 radical (unpaired) electrons. The highest BCUT2D eigenvalue weighted by molar-refractivity contribution is 7.92. The van der Waals surface area contributed by atoms with Gasteiger partial charge in [-0.2, -0.15) is 0 Å².